The fourth-order valence-electron chi connectivity index (χ4n) is 3.24. The monoisotopic (exact) mass is 385 g/mol. The highest BCUT2D eigenvalue weighted by Crippen LogP contribution is 2.38. The van der Waals surface area contributed by atoms with E-state index in [0.29, 0.717) is 16.8 Å². The molecule has 0 saturated carbocycles. The lowest BCUT2D eigenvalue weighted by molar-refractivity contribution is 0.436. The fraction of sp³-hybridized carbons (Fsp3) is 0. The first-order valence-corrected chi connectivity index (χ1v) is 9.59. The second kappa shape index (κ2) is 6.51. The van der Waals surface area contributed by atoms with Gasteiger partial charge in [-0.05, 0) is 28.6 Å². The third-order valence-electron chi connectivity index (χ3n) is 4.67. The largest absolute Gasteiger partial charge is 0.507 e. The highest BCUT2D eigenvalue weighted by atomic mass is 32.1. The van der Waals surface area contributed by atoms with Gasteiger partial charge in [-0.15, -0.1) is 11.3 Å². The average molecular weight is 385 g/mol. The summed E-state index contributed by atoms with van der Waals surface area (Å²) >= 11 is 1.61. The maximum atomic E-state index is 10.7. The average Bonchev–Trinajstić information content (AvgIpc) is 3.37. The van der Waals surface area contributed by atoms with Crippen molar-refractivity contribution in [3.63, 3.8) is 0 Å². The molecule has 0 amide bonds. The molecule has 2 N–H and O–H groups in total. The van der Waals surface area contributed by atoms with Crippen LogP contribution in [0.2, 0.25) is 0 Å². The van der Waals surface area contributed by atoms with Crippen LogP contribution in [0.3, 0.4) is 0 Å². The molecule has 0 fully saturated rings. The Hall–Kier alpha value is -3.64. The Bertz CT molecular complexity index is 1290. The van der Waals surface area contributed by atoms with E-state index in [1.807, 2.05) is 18.2 Å². The van der Waals surface area contributed by atoms with Gasteiger partial charge >= 0.3 is 0 Å². The van der Waals surface area contributed by atoms with Crippen molar-refractivity contribution in [3.8, 4) is 44.3 Å². The number of para-hydroxylation sites is 1. The summed E-state index contributed by atoms with van der Waals surface area (Å²) in [5.74, 6) is 0.0229. The van der Waals surface area contributed by atoms with Gasteiger partial charge in [0.05, 0.1) is 17.3 Å². The van der Waals surface area contributed by atoms with E-state index < -0.39 is 0 Å². The summed E-state index contributed by atoms with van der Waals surface area (Å²) < 4.78 is 1.40. The van der Waals surface area contributed by atoms with Gasteiger partial charge in [-0.1, -0.05) is 48.5 Å². The smallest absolute Gasteiger partial charge is 0.223 e. The van der Waals surface area contributed by atoms with Crippen LogP contribution in [0, 0.1) is 0 Å². The molecule has 5 rings (SSSR count). The summed E-state index contributed by atoms with van der Waals surface area (Å²) in [6.07, 6.45) is 3.27. The van der Waals surface area contributed by atoms with Gasteiger partial charge in [0.25, 0.3) is 0 Å². The fourth-order valence-corrected chi connectivity index (χ4v) is 4.17. The second-order valence-corrected chi connectivity index (χ2v) is 7.28. The van der Waals surface area contributed by atoms with Crippen molar-refractivity contribution in [2.24, 2.45) is 0 Å². The minimum Gasteiger partial charge on any atom is -0.507 e. The molecule has 0 aliphatic carbocycles. The van der Waals surface area contributed by atoms with Crippen LogP contribution in [0.5, 0.6) is 11.6 Å². The maximum absolute atomic E-state index is 10.7. The molecule has 3 heterocycles. The molecule has 0 saturated heterocycles. The number of nitrogens with zero attached hydrogens (tertiary/aromatic N) is 3. The first-order valence-electron chi connectivity index (χ1n) is 8.71. The minimum absolute atomic E-state index is 0.0578. The van der Waals surface area contributed by atoms with Crippen molar-refractivity contribution < 1.29 is 10.2 Å². The molecule has 0 aliphatic heterocycles. The zero-order valence-electron chi connectivity index (χ0n) is 14.6. The van der Waals surface area contributed by atoms with Gasteiger partial charge in [0.2, 0.25) is 5.88 Å². The predicted octanol–water partition coefficient (Wildman–Crippen LogP) is 5.20. The summed E-state index contributed by atoms with van der Waals surface area (Å²) in [7, 11) is 0. The first kappa shape index (κ1) is 16.5. The third kappa shape index (κ3) is 2.62. The van der Waals surface area contributed by atoms with Crippen LogP contribution in [0.15, 0.2) is 78.4 Å². The number of phenols is 1. The number of fused-ring (bicyclic) bond motifs is 1. The van der Waals surface area contributed by atoms with Gasteiger partial charge in [0, 0.05) is 16.6 Å². The summed E-state index contributed by atoms with van der Waals surface area (Å²) in [5, 5.41) is 27.2. The van der Waals surface area contributed by atoms with Crippen molar-refractivity contribution in [2.75, 3.05) is 0 Å². The Labute approximate surface area is 164 Å². The van der Waals surface area contributed by atoms with Crippen LogP contribution < -0.4 is 0 Å². The number of hydrogen-bond acceptors (Lipinski definition) is 5. The van der Waals surface area contributed by atoms with Gasteiger partial charge in [-0.2, -0.15) is 9.61 Å². The molecule has 28 heavy (non-hydrogen) atoms. The molecule has 0 radical (unpaired) electrons. The van der Waals surface area contributed by atoms with E-state index in [2.05, 4.69) is 33.7 Å². The third-order valence-corrected chi connectivity index (χ3v) is 5.63. The summed E-state index contributed by atoms with van der Waals surface area (Å²) in [5.41, 5.74) is 4.64. The van der Waals surface area contributed by atoms with Crippen molar-refractivity contribution in [1.29, 1.82) is 0 Å². The molecule has 0 bridgehead atoms. The van der Waals surface area contributed by atoms with Crippen molar-refractivity contribution >= 4 is 17.0 Å². The topological polar surface area (TPSA) is 70.7 Å². The van der Waals surface area contributed by atoms with Crippen molar-refractivity contribution in [2.45, 2.75) is 0 Å². The van der Waals surface area contributed by atoms with Crippen LogP contribution >= 0.6 is 11.3 Å². The normalized spacial score (nSPS) is 11.1. The predicted molar refractivity (Wildman–Crippen MR) is 111 cm³/mol. The van der Waals surface area contributed by atoms with Gasteiger partial charge in [-0.25, -0.2) is 4.98 Å². The van der Waals surface area contributed by atoms with E-state index in [-0.39, 0.29) is 11.6 Å². The Morgan fingerprint density at radius 2 is 1.57 bits per heavy atom. The highest BCUT2D eigenvalue weighted by Gasteiger charge is 2.17. The Morgan fingerprint density at radius 1 is 0.786 bits per heavy atom. The lowest BCUT2D eigenvalue weighted by atomic mass is 10.1. The van der Waals surface area contributed by atoms with Crippen LogP contribution in [0.25, 0.3) is 38.3 Å². The number of phenolic OH excluding ortho intramolecular Hbond substituents is 1. The molecule has 5 aromatic rings. The molecule has 3 aromatic heterocycles. The van der Waals surface area contributed by atoms with Crippen LogP contribution in [-0.2, 0) is 0 Å². The molecule has 6 heteroatoms. The molecule has 0 spiro atoms. The molecular weight excluding hydrogens is 370 g/mol. The number of thiophene rings is 1. The van der Waals surface area contributed by atoms with Crippen molar-refractivity contribution in [1.82, 2.24) is 14.6 Å². The van der Waals surface area contributed by atoms with Crippen LogP contribution in [0.4, 0.5) is 0 Å². The van der Waals surface area contributed by atoms with Gasteiger partial charge in [0.15, 0.2) is 5.65 Å². The van der Waals surface area contributed by atoms with E-state index in [9.17, 15) is 10.2 Å². The zero-order chi connectivity index (χ0) is 19.1. The molecule has 0 unspecified atom stereocenters. The Kier molecular flexibility index (Phi) is 3.84. The lowest BCUT2D eigenvalue weighted by Crippen LogP contribution is -1.94. The highest BCUT2D eigenvalue weighted by molar-refractivity contribution is 7.14. The van der Waals surface area contributed by atoms with Gasteiger partial charge in [-0.3, -0.25) is 0 Å². The number of rotatable bonds is 3. The summed E-state index contributed by atoms with van der Waals surface area (Å²) in [6, 6.07) is 19.1. The number of hydrogen-bond donors (Lipinski definition) is 2. The van der Waals surface area contributed by atoms with Gasteiger partial charge in [0.1, 0.15) is 5.75 Å². The molecule has 5 nitrogen and oxygen atoms in total. The number of benzene rings is 2. The number of aromatic hydroxyl groups is 2. The van der Waals surface area contributed by atoms with Crippen LogP contribution in [-0.4, -0.2) is 24.8 Å². The number of aromatic nitrogens is 3. The van der Waals surface area contributed by atoms with Crippen molar-refractivity contribution in [3.05, 3.63) is 78.4 Å². The molecule has 136 valence electrons. The van der Waals surface area contributed by atoms with E-state index >= 15 is 0 Å². The summed E-state index contributed by atoms with van der Waals surface area (Å²) in [6.45, 7) is 0. The lowest BCUT2D eigenvalue weighted by Gasteiger charge is -2.07. The minimum atomic E-state index is -0.0578. The standard InChI is InChI=1S/C22H15N3O2S/c26-19-9-5-4-8-16(19)17-11-23-21-18(12-24-25(21)22(17)27)20-10-15(13-28-20)14-6-2-1-3-7-14/h1-13,26-27H. The summed E-state index contributed by atoms with van der Waals surface area (Å²) in [4.78, 5) is 5.54. The quantitative estimate of drug-likeness (QED) is 0.448. The maximum Gasteiger partial charge on any atom is 0.223 e. The zero-order valence-corrected chi connectivity index (χ0v) is 15.5. The van der Waals surface area contributed by atoms with Crippen LogP contribution in [0.1, 0.15) is 0 Å². The SMILES string of the molecule is Oc1ccccc1-c1cnc2c(-c3cc(-c4ccccc4)cs3)cnn2c1O. The van der Waals surface area contributed by atoms with E-state index in [0.717, 1.165) is 21.6 Å². The molecule has 0 atom stereocenters. The Balaban J connectivity index is 1.61. The molecular formula is C22H15N3O2S. The molecule has 2 aromatic carbocycles. The second-order valence-electron chi connectivity index (χ2n) is 6.37. The Morgan fingerprint density at radius 3 is 2.39 bits per heavy atom. The first-order chi connectivity index (χ1) is 13.7. The van der Waals surface area contributed by atoms with E-state index in [4.69, 9.17) is 0 Å². The van der Waals surface area contributed by atoms with Gasteiger partial charge < -0.3 is 10.2 Å². The van der Waals surface area contributed by atoms with E-state index in [1.165, 1.54) is 4.52 Å². The molecule has 0 aliphatic rings. The van der Waals surface area contributed by atoms with E-state index in [1.54, 1.807) is 48.0 Å².